The summed E-state index contributed by atoms with van der Waals surface area (Å²) in [5.41, 5.74) is 5.27. The van der Waals surface area contributed by atoms with Crippen molar-refractivity contribution >= 4 is 17.8 Å². The lowest BCUT2D eigenvalue weighted by Gasteiger charge is -2.15. The Kier molecular flexibility index (Phi) is 6.09. The Balaban J connectivity index is 4.24. The maximum absolute atomic E-state index is 11.2. The van der Waals surface area contributed by atoms with Gasteiger partial charge in [0.25, 0.3) is 0 Å². The maximum Gasteiger partial charge on any atom is 0.326 e. The zero-order valence-corrected chi connectivity index (χ0v) is 9.23. The predicted octanol–water partition coefficient (Wildman–Crippen LogP) is -1.14. The molecule has 0 bridgehead atoms. The van der Waals surface area contributed by atoms with Gasteiger partial charge in [-0.1, -0.05) is 0 Å². The molecule has 0 rings (SSSR count). The van der Waals surface area contributed by atoms with Gasteiger partial charge in [-0.3, -0.25) is 9.59 Å². The lowest BCUT2D eigenvalue weighted by molar-refractivity contribution is -0.144. The summed E-state index contributed by atoms with van der Waals surface area (Å²) in [6, 6.07) is -1.92. The molecule has 0 aromatic heterocycles. The molecule has 7 nitrogen and oxygen atoms in total. The Hall–Kier alpha value is -1.63. The van der Waals surface area contributed by atoms with Gasteiger partial charge in [0.05, 0.1) is 13.2 Å². The number of hydrogen-bond acceptors (Lipinski definition) is 5. The van der Waals surface area contributed by atoms with E-state index in [1.165, 1.54) is 14.0 Å². The number of esters is 1. The molecule has 2 atom stereocenters. The van der Waals surface area contributed by atoms with E-state index in [0.717, 1.165) is 0 Å². The summed E-state index contributed by atoms with van der Waals surface area (Å²) in [7, 11) is 1.21. The zero-order valence-electron chi connectivity index (χ0n) is 9.23. The molecule has 0 heterocycles. The smallest absolute Gasteiger partial charge is 0.326 e. The first-order chi connectivity index (χ1) is 7.38. The van der Waals surface area contributed by atoms with Gasteiger partial charge in [-0.2, -0.15) is 0 Å². The van der Waals surface area contributed by atoms with E-state index in [4.69, 9.17) is 10.8 Å². The van der Waals surface area contributed by atoms with Crippen molar-refractivity contribution in [3.8, 4) is 0 Å². The van der Waals surface area contributed by atoms with Crippen LogP contribution >= 0.6 is 0 Å². The van der Waals surface area contributed by atoms with Crippen LogP contribution in [0.4, 0.5) is 0 Å². The Morgan fingerprint density at radius 3 is 2.38 bits per heavy atom. The van der Waals surface area contributed by atoms with Gasteiger partial charge < -0.3 is 20.9 Å². The van der Waals surface area contributed by atoms with Gasteiger partial charge in [-0.05, 0) is 13.3 Å². The predicted molar refractivity (Wildman–Crippen MR) is 54.5 cm³/mol. The van der Waals surface area contributed by atoms with Gasteiger partial charge in [0.2, 0.25) is 5.91 Å². The summed E-state index contributed by atoms with van der Waals surface area (Å²) in [5.74, 6) is -2.31. The lowest BCUT2D eigenvalue weighted by atomic mass is 10.1. The number of carbonyl (C=O) groups is 3. The van der Waals surface area contributed by atoms with E-state index in [1.807, 2.05) is 0 Å². The van der Waals surface area contributed by atoms with E-state index in [9.17, 15) is 14.4 Å². The van der Waals surface area contributed by atoms with Crippen LogP contribution in [0.25, 0.3) is 0 Å². The molecule has 0 aliphatic carbocycles. The summed E-state index contributed by atoms with van der Waals surface area (Å²) >= 11 is 0. The van der Waals surface area contributed by atoms with Crippen molar-refractivity contribution in [3.63, 3.8) is 0 Å². The number of carboxylic acid groups (broad SMARTS) is 1. The highest BCUT2D eigenvalue weighted by atomic mass is 16.5. The standard InChI is InChI=1S/C9H16N2O5/c1-5(10)8(13)11-6(9(14)15)3-4-7(12)16-2/h5-6H,3-4,10H2,1-2H3,(H,11,13)(H,14,15)/t5-,6+/m1/s1. The van der Waals surface area contributed by atoms with E-state index >= 15 is 0 Å². The van der Waals surface area contributed by atoms with Crippen LogP contribution in [0.2, 0.25) is 0 Å². The fraction of sp³-hybridized carbons (Fsp3) is 0.667. The Morgan fingerprint density at radius 1 is 1.44 bits per heavy atom. The van der Waals surface area contributed by atoms with Crippen molar-refractivity contribution in [1.82, 2.24) is 5.32 Å². The minimum atomic E-state index is -1.21. The van der Waals surface area contributed by atoms with Gasteiger partial charge in [0.1, 0.15) is 6.04 Å². The topological polar surface area (TPSA) is 119 Å². The van der Waals surface area contributed by atoms with Crippen molar-refractivity contribution in [2.75, 3.05) is 7.11 Å². The fourth-order valence-corrected chi connectivity index (χ4v) is 0.925. The number of rotatable bonds is 6. The molecule has 0 aliphatic rings. The maximum atomic E-state index is 11.2. The normalized spacial score (nSPS) is 13.7. The number of amides is 1. The van der Waals surface area contributed by atoms with Crippen LogP contribution in [-0.2, 0) is 19.1 Å². The highest BCUT2D eigenvalue weighted by Crippen LogP contribution is 2.00. The minimum Gasteiger partial charge on any atom is -0.480 e. The molecular weight excluding hydrogens is 216 g/mol. The third-order valence-electron chi connectivity index (χ3n) is 1.89. The number of carbonyl (C=O) groups excluding carboxylic acids is 2. The van der Waals surface area contributed by atoms with Crippen LogP contribution in [0.1, 0.15) is 19.8 Å². The first kappa shape index (κ1) is 14.4. The molecule has 0 saturated heterocycles. The molecule has 0 aliphatic heterocycles. The molecule has 0 spiro atoms. The second-order valence-electron chi connectivity index (χ2n) is 3.30. The van der Waals surface area contributed by atoms with E-state index in [2.05, 4.69) is 10.1 Å². The van der Waals surface area contributed by atoms with Crippen LogP contribution in [0.15, 0.2) is 0 Å². The zero-order chi connectivity index (χ0) is 12.7. The molecule has 0 radical (unpaired) electrons. The van der Waals surface area contributed by atoms with Crippen molar-refractivity contribution in [2.45, 2.75) is 31.8 Å². The molecule has 4 N–H and O–H groups in total. The molecule has 0 saturated carbocycles. The number of ether oxygens (including phenoxy) is 1. The third kappa shape index (κ3) is 5.30. The van der Waals surface area contributed by atoms with Crippen LogP contribution in [0.3, 0.4) is 0 Å². The Bertz CT molecular complexity index is 277. The van der Waals surface area contributed by atoms with Crippen molar-refractivity contribution in [1.29, 1.82) is 0 Å². The largest absolute Gasteiger partial charge is 0.480 e. The van der Waals surface area contributed by atoms with Crippen LogP contribution < -0.4 is 11.1 Å². The average molecular weight is 232 g/mol. The van der Waals surface area contributed by atoms with E-state index in [-0.39, 0.29) is 12.8 Å². The Morgan fingerprint density at radius 2 is 2.00 bits per heavy atom. The van der Waals surface area contributed by atoms with Crippen molar-refractivity contribution < 1.29 is 24.2 Å². The molecule has 0 fully saturated rings. The molecular formula is C9H16N2O5. The molecule has 16 heavy (non-hydrogen) atoms. The quantitative estimate of drug-likeness (QED) is 0.498. The number of hydrogen-bond donors (Lipinski definition) is 3. The summed E-state index contributed by atoms with van der Waals surface area (Å²) in [6.45, 7) is 1.44. The van der Waals surface area contributed by atoms with Crippen LogP contribution in [-0.4, -0.2) is 42.1 Å². The number of aliphatic carboxylic acids is 1. The summed E-state index contributed by atoms with van der Waals surface area (Å²) in [6.07, 6.45) is -0.104. The van der Waals surface area contributed by atoms with E-state index in [0.29, 0.717) is 0 Å². The molecule has 92 valence electrons. The second kappa shape index (κ2) is 6.78. The number of nitrogens with two attached hydrogens (primary N) is 1. The molecule has 0 aromatic rings. The molecule has 7 heteroatoms. The summed E-state index contributed by atoms with van der Waals surface area (Å²) in [5, 5.41) is 11.0. The van der Waals surface area contributed by atoms with Crippen molar-refractivity contribution in [2.24, 2.45) is 5.73 Å². The number of carboxylic acids is 1. The summed E-state index contributed by atoms with van der Waals surface area (Å²) < 4.78 is 4.36. The molecule has 0 unspecified atom stereocenters. The molecule has 1 amide bonds. The van der Waals surface area contributed by atoms with Gasteiger partial charge in [0, 0.05) is 6.42 Å². The summed E-state index contributed by atoms with van der Waals surface area (Å²) in [4.78, 5) is 32.7. The van der Waals surface area contributed by atoms with Crippen LogP contribution in [0.5, 0.6) is 0 Å². The monoisotopic (exact) mass is 232 g/mol. The SMILES string of the molecule is COC(=O)CC[C@H](NC(=O)[C@@H](C)N)C(=O)O. The highest BCUT2D eigenvalue weighted by molar-refractivity contribution is 5.86. The van der Waals surface area contributed by atoms with Crippen molar-refractivity contribution in [3.05, 3.63) is 0 Å². The van der Waals surface area contributed by atoms with Gasteiger partial charge in [-0.25, -0.2) is 4.79 Å². The van der Waals surface area contributed by atoms with E-state index in [1.54, 1.807) is 0 Å². The number of methoxy groups -OCH3 is 1. The van der Waals surface area contributed by atoms with E-state index < -0.39 is 29.9 Å². The first-order valence-corrected chi connectivity index (χ1v) is 4.74. The average Bonchev–Trinajstić information content (AvgIpc) is 2.22. The second-order valence-corrected chi connectivity index (χ2v) is 3.30. The highest BCUT2D eigenvalue weighted by Gasteiger charge is 2.22. The Labute approximate surface area is 92.9 Å². The molecule has 0 aromatic carbocycles. The third-order valence-corrected chi connectivity index (χ3v) is 1.89. The van der Waals surface area contributed by atoms with Gasteiger partial charge in [-0.15, -0.1) is 0 Å². The minimum absolute atomic E-state index is 0.0273. The number of nitrogens with one attached hydrogen (secondary N) is 1. The van der Waals surface area contributed by atoms with Gasteiger partial charge in [0.15, 0.2) is 0 Å². The van der Waals surface area contributed by atoms with Gasteiger partial charge >= 0.3 is 11.9 Å². The first-order valence-electron chi connectivity index (χ1n) is 4.74. The van der Waals surface area contributed by atoms with Crippen LogP contribution in [0, 0.1) is 0 Å². The lowest BCUT2D eigenvalue weighted by Crippen LogP contribution is -2.47. The fourth-order valence-electron chi connectivity index (χ4n) is 0.925.